The van der Waals surface area contributed by atoms with Crippen LogP contribution in [0.3, 0.4) is 0 Å². The topological polar surface area (TPSA) is 62.7 Å². The van der Waals surface area contributed by atoms with E-state index in [-0.39, 0.29) is 6.10 Å². The minimum atomic E-state index is -0.847. The Bertz CT molecular complexity index is 977. The van der Waals surface area contributed by atoms with Gasteiger partial charge in [0.1, 0.15) is 11.9 Å². The highest BCUT2D eigenvalue weighted by Gasteiger charge is 2.23. The molecule has 0 spiro atoms. The number of piperidine rings is 1. The number of hydrogen-bond acceptors (Lipinski definition) is 3. The van der Waals surface area contributed by atoms with Gasteiger partial charge in [-0.3, -0.25) is 4.98 Å². The van der Waals surface area contributed by atoms with Crippen molar-refractivity contribution in [1.29, 1.82) is 0 Å². The molecule has 0 saturated carbocycles. The summed E-state index contributed by atoms with van der Waals surface area (Å²) >= 11 is 0. The second-order valence-corrected chi connectivity index (χ2v) is 7.16. The van der Waals surface area contributed by atoms with Crippen molar-refractivity contribution in [1.82, 2.24) is 9.88 Å². The fraction of sp³-hybridized carbons (Fsp3) is 0.304. The number of nitrogens with zero attached hydrogens (tertiary/aromatic N) is 2. The van der Waals surface area contributed by atoms with Gasteiger partial charge in [0.05, 0.1) is 0 Å². The number of ether oxygens (including phenoxy) is 1. The molecule has 0 unspecified atom stereocenters. The molecule has 5 heteroatoms. The van der Waals surface area contributed by atoms with Gasteiger partial charge >= 0.3 is 6.09 Å². The highest BCUT2D eigenvalue weighted by atomic mass is 16.5. The van der Waals surface area contributed by atoms with Crippen LogP contribution >= 0.6 is 0 Å². The van der Waals surface area contributed by atoms with E-state index in [4.69, 9.17) is 9.84 Å². The third-order valence-corrected chi connectivity index (χ3v) is 5.38. The minimum absolute atomic E-state index is 0.0714. The molecule has 1 aliphatic heterocycles. The van der Waals surface area contributed by atoms with Crippen LogP contribution in [-0.4, -0.2) is 40.3 Å². The van der Waals surface area contributed by atoms with Crippen LogP contribution in [0, 0.1) is 0 Å². The van der Waals surface area contributed by atoms with Crippen LogP contribution < -0.4 is 4.74 Å². The van der Waals surface area contributed by atoms with Crippen LogP contribution in [0.2, 0.25) is 0 Å². The number of fused-ring (bicyclic) bond motifs is 1. The number of pyridine rings is 1. The third kappa shape index (κ3) is 3.79. The Morgan fingerprint density at radius 2 is 1.82 bits per heavy atom. The first-order valence-electron chi connectivity index (χ1n) is 9.76. The normalized spacial score (nSPS) is 15.0. The molecule has 1 saturated heterocycles. The van der Waals surface area contributed by atoms with E-state index in [1.807, 2.05) is 18.3 Å². The van der Waals surface area contributed by atoms with E-state index < -0.39 is 6.09 Å². The van der Waals surface area contributed by atoms with Crippen LogP contribution in [-0.2, 0) is 6.42 Å². The van der Waals surface area contributed by atoms with Gasteiger partial charge in [0.15, 0.2) is 0 Å². The van der Waals surface area contributed by atoms with E-state index in [0.717, 1.165) is 36.3 Å². The third-order valence-electron chi connectivity index (χ3n) is 5.38. The van der Waals surface area contributed by atoms with Crippen LogP contribution in [0.4, 0.5) is 4.79 Å². The predicted octanol–water partition coefficient (Wildman–Crippen LogP) is 4.99. The Kier molecular flexibility index (Phi) is 5.15. The summed E-state index contributed by atoms with van der Waals surface area (Å²) in [5.41, 5.74) is 3.44. The maximum absolute atomic E-state index is 11.0. The highest BCUT2D eigenvalue weighted by Crippen LogP contribution is 2.28. The molecule has 0 atom stereocenters. The number of carboxylic acid groups (broad SMARTS) is 1. The van der Waals surface area contributed by atoms with E-state index in [0.29, 0.717) is 13.1 Å². The van der Waals surface area contributed by atoms with Crippen molar-refractivity contribution >= 4 is 16.9 Å². The van der Waals surface area contributed by atoms with E-state index in [2.05, 4.69) is 48.3 Å². The monoisotopic (exact) mass is 376 g/mol. The van der Waals surface area contributed by atoms with E-state index in [1.54, 1.807) is 0 Å². The van der Waals surface area contributed by atoms with Gasteiger partial charge in [-0.05, 0) is 47.2 Å². The lowest BCUT2D eigenvalue weighted by atomic mass is 10.0. The molecule has 28 heavy (non-hydrogen) atoms. The molecule has 4 rings (SSSR count). The van der Waals surface area contributed by atoms with E-state index >= 15 is 0 Å². The Balaban J connectivity index is 1.46. The lowest BCUT2D eigenvalue weighted by Gasteiger charge is -2.30. The van der Waals surface area contributed by atoms with Gasteiger partial charge in [-0.2, -0.15) is 0 Å². The molecule has 5 nitrogen and oxygen atoms in total. The van der Waals surface area contributed by atoms with Gasteiger partial charge in [-0.25, -0.2) is 4.79 Å². The van der Waals surface area contributed by atoms with Crippen molar-refractivity contribution < 1.29 is 14.6 Å². The fourth-order valence-corrected chi connectivity index (χ4v) is 3.79. The molecule has 0 bridgehead atoms. The summed E-state index contributed by atoms with van der Waals surface area (Å²) in [7, 11) is 0. The summed E-state index contributed by atoms with van der Waals surface area (Å²) in [6, 6.07) is 16.7. The maximum atomic E-state index is 11.0. The van der Waals surface area contributed by atoms with Crippen LogP contribution in [0.25, 0.3) is 21.9 Å². The molecule has 144 valence electrons. The molecule has 2 heterocycles. The molecular weight excluding hydrogens is 352 g/mol. The number of rotatable bonds is 4. The Labute approximate surface area is 164 Å². The van der Waals surface area contributed by atoms with Crippen LogP contribution in [0.15, 0.2) is 54.7 Å². The molecule has 1 aromatic heterocycles. The van der Waals surface area contributed by atoms with Gasteiger partial charge in [0.25, 0.3) is 0 Å². The number of aryl methyl sites for hydroxylation is 1. The Morgan fingerprint density at radius 3 is 2.50 bits per heavy atom. The van der Waals surface area contributed by atoms with Crippen LogP contribution in [0.1, 0.15) is 25.5 Å². The van der Waals surface area contributed by atoms with Crippen LogP contribution in [0.5, 0.6) is 5.75 Å². The Morgan fingerprint density at radius 1 is 1.11 bits per heavy atom. The second kappa shape index (κ2) is 7.89. The number of benzene rings is 2. The summed E-state index contributed by atoms with van der Waals surface area (Å²) < 4.78 is 6.05. The van der Waals surface area contributed by atoms with Crippen molar-refractivity contribution in [3.05, 3.63) is 60.4 Å². The van der Waals surface area contributed by atoms with E-state index in [9.17, 15) is 4.79 Å². The first kappa shape index (κ1) is 18.3. The zero-order valence-electron chi connectivity index (χ0n) is 16.0. The number of likely N-dealkylation sites (tertiary alicyclic amines) is 1. The van der Waals surface area contributed by atoms with E-state index in [1.165, 1.54) is 21.2 Å². The average molecular weight is 376 g/mol. The first-order chi connectivity index (χ1) is 13.6. The summed E-state index contributed by atoms with van der Waals surface area (Å²) in [5.74, 6) is 0.829. The molecule has 3 aromatic rings. The zero-order valence-corrected chi connectivity index (χ0v) is 16.0. The van der Waals surface area contributed by atoms with Crippen molar-refractivity contribution in [2.45, 2.75) is 32.3 Å². The Hall–Kier alpha value is -3.08. The molecule has 1 N–H and O–H groups in total. The first-order valence-corrected chi connectivity index (χ1v) is 9.76. The minimum Gasteiger partial charge on any atom is -0.490 e. The van der Waals surface area contributed by atoms with Crippen molar-refractivity contribution in [2.24, 2.45) is 0 Å². The number of aromatic nitrogens is 1. The molecule has 1 fully saturated rings. The highest BCUT2D eigenvalue weighted by molar-refractivity contribution is 5.88. The fourth-order valence-electron chi connectivity index (χ4n) is 3.79. The largest absolute Gasteiger partial charge is 0.490 e. The van der Waals surface area contributed by atoms with Gasteiger partial charge in [0.2, 0.25) is 0 Å². The zero-order chi connectivity index (χ0) is 19.5. The summed E-state index contributed by atoms with van der Waals surface area (Å²) in [4.78, 5) is 16.9. The van der Waals surface area contributed by atoms with Gasteiger partial charge < -0.3 is 14.7 Å². The van der Waals surface area contributed by atoms with Crippen molar-refractivity contribution in [3.8, 4) is 16.9 Å². The standard InChI is InChI=1S/C23H24N2O3/c1-2-22-21-8-5-17(15-18(21)9-12-24-22)16-3-6-19(7-4-16)28-20-10-13-25(14-11-20)23(26)27/h3-9,12,15,20H,2,10-11,13-14H2,1H3,(H,26,27). The maximum Gasteiger partial charge on any atom is 0.407 e. The van der Waals surface area contributed by atoms with Gasteiger partial charge in [0, 0.05) is 43.2 Å². The molecule has 0 aliphatic carbocycles. The quantitative estimate of drug-likeness (QED) is 0.697. The number of amides is 1. The van der Waals surface area contributed by atoms with Crippen molar-refractivity contribution in [2.75, 3.05) is 13.1 Å². The average Bonchev–Trinajstić information content (AvgIpc) is 2.74. The smallest absolute Gasteiger partial charge is 0.407 e. The lowest BCUT2D eigenvalue weighted by molar-refractivity contribution is 0.0895. The predicted molar refractivity (Wildman–Crippen MR) is 110 cm³/mol. The van der Waals surface area contributed by atoms with Gasteiger partial charge in [-0.15, -0.1) is 0 Å². The molecular formula is C23H24N2O3. The summed E-state index contributed by atoms with van der Waals surface area (Å²) in [6.45, 7) is 3.19. The SMILES string of the molecule is CCc1nccc2cc(-c3ccc(OC4CCN(C(=O)O)CC4)cc3)ccc12. The molecule has 1 aliphatic rings. The molecule has 1 amide bonds. The van der Waals surface area contributed by atoms with Gasteiger partial charge in [-0.1, -0.05) is 31.2 Å². The summed E-state index contributed by atoms with van der Waals surface area (Å²) in [6.07, 6.45) is 3.48. The molecule has 0 radical (unpaired) electrons. The number of hydrogen-bond donors (Lipinski definition) is 1. The summed E-state index contributed by atoms with van der Waals surface area (Å²) in [5, 5.41) is 11.4. The number of carbonyl (C=O) groups is 1. The second-order valence-electron chi connectivity index (χ2n) is 7.16. The lowest BCUT2D eigenvalue weighted by Crippen LogP contribution is -2.41. The molecule has 2 aromatic carbocycles. The van der Waals surface area contributed by atoms with Crippen molar-refractivity contribution in [3.63, 3.8) is 0 Å².